The highest BCUT2D eigenvalue weighted by molar-refractivity contribution is 6.08. The van der Waals surface area contributed by atoms with Crippen molar-refractivity contribution >= 4 is 23.8 Å². The first kappa shape index (κ1) is 19.8. The molecule has 3 aromatic carbocycles. The van der Waals surface area contributed by atoms with Gasteiger partial charge in [-0.15, -0.1) is 0 Å². The van der Waals surface area contributed by atoms with Crippen LogP contribution in [-0.2, 0) is 0 Å². The van der Waals surface area contributed by atoms with Crippen molar-refractivity contribution in [2.24, 2.45) is 4.99 Å². The number of carboxylic acid groups (broad SMARTS) is 1. The van der Waals surface area contributed by atoms with Crippen LogP contribution in [0.4, 0.5) is 10.1 Å². The van der Waals surface area contributed by atoms with E-state index in [-0.39, 0.29) is 16.8 Å². The number of carbonyl (C=O) groups is 2. The van der Waals surface area contributed by atoms with E-state index in [1.807, 2.05) is 0 Å². The van der Waals surface area contributed by atoms with Gasteiger partial charge in [-0.2, -0.15) is 0 Å². The fraction of sp³-hybridized carbons (Fsp3) is 0.0455. The van der Waals surface area contributed by atoms with E-state index in [2.05, 4.69) is 10.3 Å². The van der Waals surface area contributed by atoms with Crippen molar-refractivity contribution in [3.63, 3.8) is 0 Å². The Bertz CT molecular complexity index is 1100. The Balaban J connectivity index is 1.82. The van der Waals surface area contributed by atoms with Crippen molar-refractivity contribution in [2.45, 2.75) is 0 Å². The molecule has 0 unspecified atom stereocenters. The number of benzene rings is 3. The minimum atomic E-state index is -1.17. The molecule has 1 amide bonds. The largest absolute Gasteiger partial charge is 0.478 e. The van der Waals surface area contributed by atoms with Crippen LogP contribution in [0.1, 0.15) is 26.3 Å². The van der Waals surface area contributed by atoms with Gasteiger partial charge in [-0.25, -0.2) is 9.18 Å². The number of nitrogens with zero attached hydrogens (tertiary/aromatic N) is 1. The molecule has 6 nitrogen and oxygen atoms in total. The Kier molecular flexibility index (Phi) is 5.99. The summed E-state index contributed by atoms with van der Waals surface area (Å²) in [6, 6.07) is 16.5. The molecule has 0 saturated heterocycles. The monoisotopic (exact) mass is 392 g/mol. The van der Waals surface area contributed by atoms with Crippen LogP contribution < -0.4 is 10.1 Å². The van der Waals surface area contributed by atoms with Crippen LogP contribution in [0.5, 0.6) is 11.5 Å². The number of amides is 1. The molecule has 2 N–H and O–H groups in total. The molecule has 146 valence electrons. The van der Waals surface area contributed by atoms with Gasteiger partial charge < -0.3 is 15.2 Å². The molecule has 0 radical (unpaired) electrons. The maximum atomic E-state index is 13.3. The fourth-order valence-corrected chi connectivity index (χ4v) is 2.64. The van der Waals surface area contributed by atoms with E-state index in [0.717, 1.165) is 0 Å². The van der Waals surface area contributed by atoms with Crippen molar-refractivity contribution in [1.82, 2.24) is 0 Å². The zero-order valence-corrected chi connectivity index (χ0v) is 15.4. The Morgan fingerprint density at radius 1 is 1.03 bits per heavy atom. The molecular formula is C22H17FN2O4. The third-order valence-corrected chi connectivity index (χ3v) is 3.93. The van der Waals surface area contributed by atoms with Crippen molar-refractivity contribution in [3.8, 4) is 11.5 Å². The molecule has 0 aliphatic rings. The number of hydrogen-bond acceptors (Lipinski definition) is 4. The van der Waals surface area contributed by atoms with Crippen molar-refractivity contribution in [2.75, 3.05) is 12.4 Å². The van der Waals surface area contributed by atoms with Gasteiger partial charge in [0.25, 0.3) is 5.91 Å². The molecule has 0 spiro atoms. The molecule has 0 aromatic heterocycles. The number of carbonyl (C=O) groups excluding carboxylic acids is 1. The van der Waals surface area contributed by atoms with E-state index in [9.17, 15) is 19.1 Å². The Morgan fingerprint density at radius 2 is 1.76 bits per heavy atom. The third-order valence-electron chi connectivity index (χ3n) is 3.93. The number of halogens is 1. The smallest absolute Gasteiger partial charge is 0.337 e. The maximum absolute atomic E-state index is 13.3. The van der Waals surface area contributed by atoms with E-state index in [1.165, 1.54) is 42.6 Å². The lowest BCUT2D eigenvalue weighted by atomic mass is 10.1. The number of ether oxygens (including phenoxy) is 1. The maximum Gasteiger partial charge on any atom is 0.337 e. The Morgan fingerprint density at radius 3 is 2.45 bits per heavy atom. The zero-order valence-electron chi connectivity index (χ0n) is 15.4. The number of hydrogen-bond donors (Lipinski definition) is 2. The zero-order chi connectivity index (χ0) is 20.8. The summed E-state index contributed by atoms with van der Waals surface area (Å²) in [5.74, 6) is -1.47. The first-order chi connectivity index (χ1) is 14.0. The van der Waals surface area contributed by atoms with Gasteiger partial charge >= 0.3 is 5.97 Å². The molecule has 0 aliphatic carbocycles. The number of nitrogens with one attached hydrogen (secondary N) is 1. The highest BCUT2D eigenvalue weighted by atomic mass is 19.1. The van der Waals surface area contributed by atoms with E-state index >= 15 is 0 Å². The summed E-state index contributed by atoms with van der Waals surface area (Å²) in [6.45, 7) is 0. The van der Waals surface area contributed by atoms with E-state index in [1.54, 1.807) is 37.4 Å². The van der Waals surface area contributed by atoms with Gasteiger partial charge in [-0.05, 0) is 48.0 Å². The summed E-state index contributed by atoms with van der Waals surface area (Å²) in [6.07, 6.45) is 1.52. The van der Waals surface area contributed by atoms with E-state index in [0.29, 0.717) is 17.1 Å². The van der Waals surface area contributed by atoms with Gasteiger partial charge in [0.05, 0.1) is 11.3 Å². The molecule has 0 aliphatic heterocycles. The molecule has 0 saturated carbocycles. The Labute approximate surface area is 166 Å². The predicted octanol–water partition coefficient (Wildman–Crippen LogP) is 4.62. The minimum absolute atomic E-state index is 0.0529. The van der Waals surface area contributed by atoms with Gasteiger partial charge in [0, 0.05) is 24.9 Å². The number of carboxylic acids is 1. The summed E-state index contributed by atoms with van der Waals surface area (Å²) in [5, 5.41) is 12.0. The first-order valence-corrected chi connectivity index (χ1v) is 8.60. The van der Waals surface area contributed by atoms with Gasteiger partial charge in [-0.3, -0.25) is 9.79 Å². The molecule has 0 atom stereocenters. The lowest BCUT2D eigenvalue weighted by molar-refractivity contribution is 0.0698. The molecule has 0 fully saturated rings. The molecule has 29 heavy (non-hydrogen) atoms. The number of rotatable bonds is 6. The van der Waals surface area contributed by atoms with Gasteiger partial charge in [-0.1, -0.05) is 18.2 Å². The normalized spacial score (nSPS) is 10.7. The van der Waals surface area contributed by atoms with Crippen LogP contribution in [0.2, 0.25) is 0 Å². The topological polar surface area (TPSA) is 88.0 Å². The standard InChI is InChI=1S/C22H17FN2O4/c1-24-13-14-8-9-20(19(10-14)22(27)28)25-21(26)15-4-2-6-17(11-15)29-18-7-3-5-16(23)12-18/h2-13H,1H3,(H,25,26)(H,27,28). The van der Waals surface area contributed by atoms with E-state index in [4.69, 9.17) is 4.74 Å². The summed E-state index contributed by atoms with van der Waals surface area (Å²) >= 11 is 0. The van der Waals surface area contributed by atoms with Crippen LogP contribution in [0.25, 0.3) is 0 Å². The van der Waals surface area contributed by atoms with Crippen LogP contribution in [0.15, 0.2) is 71.7 Å². The van der Waals surface area contributed by atoms with Crippen LogP contribution in [-0.4, -0.2) is 30.2 Å². The molecular weight excluding hydrogens is 375 g/mol. The quantitative estimate of drug-likeness (QED) is 0.599. The van der Waals surface area contributed by atoms with Gasteiger partial charge in [0.15, 0.2) is 0 Å². The predicted molar refractivity (Wildman–Crippen MR) is 108 cm³/mol. The van der Waals surface area contributed by atoms with Gasteiger partial charge in [0.1, 0.15) is 17.3 Å². The molecule has 3 aromatic rings. The summed E-state index contributed by atoms with van der Waals surface area (Å²) < 4.78 is 18.9. The summed E-state index contributed by atoms with van der Waals surface area (Å²) in [5.41, 5.74) is 0.970. The van der Waals surface area contributed by atoms with Crippen molar-refractivity contribution in [3.05, 3.63) is 89.2 Å². The van der Waals surface area contributed by atoms with Crippen LogP contribution in [0.3, 0.4) is 0 Å². The van der Waals surface area contributed by atoms with E-state index < -0.39 is 17.7 Å². The molecule has 0 heterocycles. The van der Waals surface area contributed by atoms with Crippen molar-refractivity contribution < 1.29 is 23.8 Å². The first-order valence-electron chi connectivity index (χ1n) is 8.60. The molecule has 3 rings (SSSR count). The number of aromatic carboxylic acids is 1. The average Bonchev–Trinajstić information content (AvgIpc) is 2.69. The Hall–Kier alpha value is -4.00. The highest BCUT2D eigenvalue weighted by Gasteiger charge is 2.15. The fourth-order valence-electron chi connectivity index (χ4n) is 2.64. The minimum Gasteiger partial charge on any atom is -0.478 e. The summed E-state index contributed by atoms with van der Waals surface area (Å²) in [4.78, 5) is 28.0. The molecule has 7 heteroatoms. The number of anilines is 1. The van der Waals surface area contributed by atoms with Gasteiger partial charge in [0.2, 0.25) is 0 Å². The second-order valence-corrected chi connectivity index (χ2v) is 6.04. The SMILES string of the molecule is CN=Cc1ccc(NC(=O)c2cccc(Oc3cccc(F)c3)c2)c(C(=O)O)c1. The highest BCUT2D eigenvalue weighted by Crippen LogP contribution is 2.24. The lowest BCUT2D eigenvalue weighted by Gasteiger charge is -2.11. The van der Waals surface area contributed by atoms with Crippen molar-refractivity contribution in [1.29, 1.82) is 0 Å². The summed E-state index contributed by atoms with van der Waals surface area (Å²) in [7, 11) is 1.58. The third kappa shape index (κ3) is 5.04. The molecule has 0 bridgehead atoms. The number of aliphatic imine (C=N–C) groups is 1. The second-order valence-electron chi connectivity index (χ2n) is 6.04. The second kappa shape index (κ2) is 8.79. The lowest BCUT2D eigenvalue weighted by Crippen LogP contribution is -2.15. The average molecular weight is 392 g/mol. The van der Waals surface area contributed by atoms with Crippen LogP contribution in [0, 0.1) is 5.82 Å². The van der Waals surface area contributed by atoms with Crippen LogP contribution >= 0.6 is 0 Å².